The van der Waals surface area contributed by atoms with Crippen LogP contribution in [0.3, 0.4) is 0 Å². The molecular weight excluding hydrogens is 401 g/mol. The van der Waals surface area contributed by atoms with E-state index in [0.717, 1.165) is 0 Å². The van der Waals surface area contributed by atoms with Crippen molar-refractivity contribution in [3.63, 3.8) is 0 Å². The molecule has 1 aromatic rings. The summed E-state index contributed by atoms with van der Waals surface area (Å²) in [6.07, 6.45) is 0. The summed E-state index contributed by atoms with van der Waals surface area (Å²) in [6, 6.07) is 8.61. The van der Waals surface area contributed by atoms with Gasteiger partial charge in [0.05, 0.1) is 18.4 Å². The van der Waals surface area contributed by atoms with Crippen LogP contribution in [0.4, 0.5) is 8.78 Å². The van der Waals surface area contributed by atoms with Crippen molar-refractivity contribution in [3.8, 4) is 0 Å². The third kappa shape index (κ3) is 2.03. The van der Waals surface area contributed by atoms with Crippen molar-refractivity contribution >= 4 is 0 Å². The zero-order valence-corrected chi connectivity index (χ0v) is 12.3. The van der Waals surface area contributed by atoms with Gasteiger partial charge in [0.15, 0.2) is 0 Å². The van der Waals surface area contributed by atoms with E-state index in [1.807, 2.05) is 0 Å². The molecule has 0 aromatic heterocycles. The van der Waals surface area contributed by atoms with E-state index in [-0.39, 0.29) is 44.1 Å². The summed E-state index contributed by atoms with van der Waals surface area (Å²) in [7, 11) is 0. The molecule has 2 unspecified atom stereocenters. The van der Waals surface area contributed by atoms with Gasteiger partial charge in [-0.15, -0.1) is 0 Å². The summed E-state index contributed by atoms with van der Waals surface area (Å²) in [5.74, 6) is -4.37. The normalized spacial score (nSPS) is 27.9. The minimum Gasteiger partial charge on any atom is -0.396 e. The van der Waals surface area contributed by atoms with Gasteiger partial charge < -0.3 is 5.11 Å². The number of alkyl halides is 2. The topological polar surface area (TPSA) is 20.2 Å². The number of rotatable bonds is 2. The quantitative estimate of drug-likeness (QED) is 0.790. The predicted octanol–water partition coefficient (Wildman–Crippen LogP) is 2.03. The molecule has 2 atom stereocenters. The van der Waals surface area contributed by atoms with E-state index in [2.05, 4.69) is 0 Å². The molecule has 4 heteroatoms. The van der Waals surface area contributed by atoms with E-state index >= 15 is 0 Å². The Balaban J connectivity index is 0.000000980. The summed E-state index contributed by atoms with van der Waals surface area (Å²) in [5.41, 5.74) is 0.617. The zero-order valence-electron chi connectivity index (χ0n) is 7.53. The molecule has 1 nitrogen and oxygen atoms in total. The van der Waals surface area contributed by atoms with Gasteiger partial charge in [-0.3, -0.25) is 0 Å². The molecule has 0 amide bonds. The van der Waals surface area contributed by atoms with Crippen molar-refractivity contribution in [1.82, 2.24) is 0 Å². The Labute approximate surface area is 117 Å². The van der Waals surface area contributed by atoms with Gasteiger partial charge in [-0.05, 0) is 5.56 Å². The maximum atomic E-state index is 13.0. The Morgan fingerprint density at radius 3 is 2.21 bits per heavy atom. The van der Waals surface area contributed by atoms with Crippen molar-refractivity contribution in [2.24, 2.45) is 5.92 Å². The van der Waals surface area contributed by atoms with Crippen LogP contribution >= 0.6 is 0 Å². The maximum absolute atomic E-state index is 13.0. The molecule has 0 aliphatic heterocycles. The summed E-state index contributed by atoms with van der Waals surface area (Å²) in [5, 5.41) is 8.69. The molecule has 1 aliphatic rings. The Morgan fingerprint density at radius 1 is 1.21 bits per heavy atom. The van der Waals surface area contributed by atoms with Crippen LogP contribution in [-0.2, 0) is 0 Å². The van der Waals surface area contributed by atoms with Crippen molar-refractivity contribution in [3.05, 3.63) is 35.9 Å². The number of hydrogen-bond acceptors (Lipinski definition) is 1. The van der Waals surface area contributed by atoms with Gasteiger partial charge in [-0.1, -0.05) is 30.3 Å². The van der Waals surface area contributed by atoms with Crippen molar-refractivity contribution in [2.75, 3.05) is 6.61 Å². The van der Waals surface area contributed by atoms with Crippen molar-refractivity contribution < 1.29 is 57.9 Å². The van der Waals surface area contributed by atoms with Crippen LogP contribution in [0.5, 0.6) is 0 Å². The molecule has 73 valence electrons. The fourth-order valence-electron chi connectivity index (χ4n) is 1.73. The summed E-state index contributed by atoms with van der Waals surface area (Å²) in [4.78, 5) is 0. The van der Waals surface area contributed by atoms with Gasteiger partial charge in [-0.25, -0.2) is 8.78 Å². The standard InChI is InChI=1S/C10H10F2O.Ac/c11-10(12)8(6-13)9(10)7-4-2-1-3-5-7;/h1-5,8-9,13H,6H2;. The summed E-state index contributed by atoms with van der Waals surface area (Å²) < 4.78 is 26.0. The molecule has 1 aromatic carbocycles. The van der Waals surface area contributed by atoms with Gasteiger partial charge in [0.2, 0.25) is 0 Å². The molecule has 0 heterocycles. The first-order valence-electron chi connectivity index (χ1n) is 4.21. The molecule has 0 bridgehead atoms. The predicted molar refractivity (Wildman–Crippen MR) is 44.7 cm³/mol. The monoisotopic (exact) mass is 411 g/mol. The van der Waals surface area contributed by atoms with E-state index in [1.54, 1.807) is 30.3 Å². The Morgan fingerprint density at radius 2 is 1.79 bits per heavy atom. The largest absolute Gasteiger partial charge is 0.396 e. The SMILES string of the molecule is OCC1C(c2ccccc2)C1(F)F.[Ac]. The number of aliphatic hydroxyl groups excluding tert-OH is 1. The fraction of sp³-hybridized carbons (Fsp3) is 0.400. The third-order valence-corrected chi connectivity index (χ3v) is 2.56. The average molecular weight is 411 g/mol. The number of halogens is 2. The Hall–Kier alpha value is 0.482. The van der Waals surface area contributed by atoms with E-state index in [1.165, 1.54) is 0 Å². The van der Waals surface area contributed by atoms with Crippen LogP contribution in [0.2, 0.25) is 0 Å². The van der Waals surface area contributed by atoms with Gasteiger partial charge in [0, 0.05) is 44.1 Å². The summed E-state index contributed by atoms with van der Waals surface area (Å²) >= 11 is 0. The molecule has 1 aliphatic carbocycles. The Kier molecular flexibility index (Phi) is 4.08. The smallest absolute Gasteiger partial charge is 0.261 e. The first kappa shape index (κ1) is 12.6. The van der Waals surface area contributed by atoms with Crippen LogP contribution in [0.1, 0.15) is 11.5 Å². The van der Waals surface area contributed by atoms with Crippen LogP contribution in [-0.4, -0.2) is 17.6 Å². The number of aliphatic hydroxyl groups is 1. The first-order chi connectivity index (χ1) is 6.18. The molecule has 1 saturated carbocycles. The van der Waals surface area contributed by atoms with Crippen molar-refractivity contribution in [2.45, 2.75) is 11.8 Å². The molecule has 1 fully saturated rings. The molecule has 2 rings (SSSR count). The molecule has 0 saturated heterocycles. The molecule has 14 heavy (non-hydrogen) atoms. The molecule has 1 N–H and O–H groups in total. The molecular formula is C10H10AcF2O. The van der Waals surface area contributed by atoms with Crippen LogP contribution in [0.15, 0.2) is 30.3 Å². The summed E-state index contributed by atoms with van der Waals surface area (Å²) in [6.45, 7) is -0.438. The van der Waals surface area contributed by atoms with Gasteiger partial charge in [0.1, 0.15) is 0 Å². The second kappa shape index (κ2) is 4.55. The number of benzene rings is 1. The minimum atomic E-state index is -2.71. The van der Waals surface area contributed by atoms with E-state index in [0.29, 0.717) is 5.56 Å². The van der Waals surface area contributed by atoms with Gasteiger partial charge in [0.25, 0.3) is 5.92 Å². The van der Waals surface area contributed by atoms with E-state index in [9.17, 15) is 8.78 Å². The fourth-order valence-corrected chi connectivity index (χ4v) is 1.73. The molecule has 0 spiro atoms. The van der Waals surface area contributed by atoms with Gasteiger partial charge >= 0.3 is 0 Å². The van der Waals surface area contributed by atoms with E-state index in [4.69, 9.17) is 5.11 Å². The molecule has 1 radical (unpaired) electrons. The zero-order chi connectivity index (χ0) is 9.47. The number of hydrogen-bond donors (Lipinski definition) is 1. The van der Waals surface area contributed by atoms with Crippen LogP contribution in [0.25, 0.3) is 0 Å². The van der Waals surface area contributed by atoms with E-state index < -0.39 is 24.4 Å². The third-order valence-electron chi connectivity index (χ3n) is 2.56. The second-order valence-electron chi connectivity index (χ2n) is 3.35. The van der Waals surface area contributed by atoms with Crippen LogP contribution < -0.4 is 0 Å². The average Bonchev–Trinajstić information content (AvgIpc) is 2.69. The minimum absolute atomic E-state index is 0. The van der Waals surface area contributed by atoms with Crippen molar-refractivity contribution in [1.29, 1.82) is 0 Å². The second-order valence-corrected chi connectivity index (χ2v) is 3.35. The first-order valence-corrected chi connectivity index (χ1v) is 4.21. The van der Waals surface area contributed by atoms with Crippen LogP contribution in [0, 0.1) is 50.0 Å². The maximum Gasteiger partial charge on any atom is 0.261 e. The van der Waals surface area contributed by atoms with Gasteiger partial charge in [-0.2, -0.15) is 0 Å². The Bertz CT molecular complexity index is 302.